The van der Waals surface area contributed by atoms with Gasteiger partial charge in [0.2, 0.25) is 0 Å². The molecule has 0 radical (unpaired) electrons. The molecule has 1 saturated heterocycles. The summed E-state index contributed by atoms with van der Waals surface area (Å²) in [5.74, 6) is 0.527. The molecule has 0 aliphatic carbocycles. The molecule has 0 bridgehead atoms. The summed E-state index contributed by atoms with van der Waals surface area (Å²) in [4.78, 5) is 13.2. The van der Waals surface area contributed by atoms with Crippen molar-refractivity contribution in [2.45, 2.75) is 31.9 Å². The second kappa shape index (κ2) is 8.97. The first-order valence-corrected chi connectivity index (χ1v) is 10.2. The van der Waals surface area contributed by atoms with E-state index in [0.29, 0.717) is 30.0 Å². The van der Waals surface area contributed by atoms with E-state index in [1.54, 1.807) is 12.4 Å². The highest BCUT2D eigenvalue weighted by Gasteiger charge is 2.20. The van der Waals surface area contributed by atoms with Gasteiger partial charge in [0.1, 0.15) is 18.3 Å². The van der Waals surface area contributed by atoms with Gasteiger partial charge in [0.15, 0.2) is 22.8 Å². The molecular weight excluding hydrogens is 409 g/mol. The van der Waals surface area contributed by atoms with Crippen LogP contribution in [0.1, 0.15) is 36.6 Å². The Morgan fingerprint density at radius 2 is 2.27 bits per heavy atom. The molecule has 0 spiro atoms. The SMILES string of the molecule is C=Cc1c(F)c(Cl)cc(CCNc2ncnc3c2ncn3C2CCCCO2)c1OC. The minimum Gasteiger partial charge on any atom is -0.496 e. The smallest absolute Gasteiger partial charge is 0.167 e. The van der Waals surface area contributed by atoms with E-state index in [2.05, 4.69) is 26.8 Å². The first-order chi connectivity index (χ1) is 14.6. The molecule has 1 atom stereocenters. The summed E-state index contributed by atoms with van der Waals surface area (Å²) in [6.45, 7) is 4.92. The maximum Gasteiger partial charge on any atom is 0.167 e. The van der Waals surface area contributed by atoms with Gasteiger partial charge in [-0.25, -0.2) is 19.3 Å². The van der Waals surface area contributed by atoms with Crippen molar-refractivity contribution >= 4 is 34.7 Å². The molecule has 1 unspecified atom stereocenters. The first kappa shape index (κ1) is 20.6. The number of rotatable bonds is 7. The van der Waals surface area contributed by atoms with E-state index >= 15 is 0 Å². The molecule has 9 heteroatoms. The van der Waals surface area contributed by atoms with Crippen LogP contribution < -0.4 is 10.1 Å². The van der Waals surface area contributed by atoms with Gasteiger partial charge < -0.3 is 14.8 Å². The number of methoxy groups -OCH3 is 1. The Kier molecular flexibility index (Phi) is 6.15. The summed E-state index contributed by atoms with van der Waals surface area (Å²) in [6, 6.07) is 1.58. The van der Waals surface area contributed by atoms with E-state index < -0.39 is 5.82 Å². The zero-order valence-electron chi connectivity index (χ0n) is 16.7. The maximum atomic E-state index is 14.2. The van der Waals surface area contributed by atoms with Crippen LogP contribution in [0.4, 0.5) is 10.2 Å². The highest BCUT2D eigenvalue weighted by atomic mass is 35.5. The zero-order chi connectivity index (χ0) is 21.1. The Morgan fingerprint density at radius 1 is 1.40 bits per heavy atom. The number of imidazole rings is 1. The third kappa shape index (κ3) is 3.85. The minimum atomic E-state index is -0.534. The average molecular weight is 432 g/mol. The fourth-order valence-corrected chi connectivity index (χ4v) is 3.98. The molecule has 0 saturated carbocycles. The van der Waals surface area contributed by atoms with Crippen LogP contribution in [0.5, 0.6) is 5.75 Å². The molecule has 0 amide bonds. The molecule has 3 aromatic rings. The zero-order valence-corrected chi connectivity index (χ0v) is 17.5. The van der Waals surface area contributed by atoms with Crippen molar-refractivity contribution in [2.75, 3.05) is 25.6 Å². The Morgan fingerprint density at radius 3 is 3.00 bits per heavy atom. The van der Waals surface area contributed by atoms with Gasteiger partial charge in [0.05, 0.1) is 24.0 Å². The number of fused-ring (bicyclic) bond motifs is 1. The van der Waals surface area contributed by atoms with Gasteiger partial charge in [-0.1, -0.05) is 24.3 Å². The van der Waals surface area contributed by atoms with Crippen molar-refractivity contribution in [1.29, 1.82) is 0 Å². The van der Waals surface area contributed by atoms with Crippen molar-refractivity contribution in [3.05, 3.63) is 47.3 Å². The largest absolute Gasteiger partial charge is 0.496 e. The van der Waals surface area contributed by atoms with E-state index in [-0.39, 0.29) is 16.8 Å². The lowest BCUT2D eigenvalue weighted by molar-refractivity contribution is -0.0298. The van der Waals surface area contributed by atoms with Crippen molar-refractivity contribution in [2.24, 2.45) is 0 Å². The fourth-order valence-electron chi connectivity index (χ4n) is 3.74. The highest BCUT2D eigenvalue weighted by molar-refractivity contribution is 6.31. The van der Waals surface area contributed by atoms with Crippen molar-refractivity contribution in [1.82, 2.24) is 19.5 Å². The van der Waals surface area contributed by atoms with Gasteiger partial charge in [-0.3, -0.25) is 4.57 Å². The lowest BCUT2D eigenvalue weighted by Gasteiger charge is -2.23. The molecule has 7 nitrogen and oxygen atoms in total. The lowest BCUT2D eigenvalue weighted by Crippen LogP contribution is -2.17. The minimum absolute atomic E-state index is 0.0383. The fraction of sp³-hybridized carbons (Fsp3) is 0.381. The summed E-state index contributed by atoms with van der Waals surface area (Å²) in [7, 11) is 1.50. The third-order valence-electron chi connectivity index (χ3n) is 5.20. The molecule has 1 aromatic carbocycles. The summed E-state index contributed by atoms with van der Waals surface area (Å²) >= 11 is 6.03. The number of nitrogens with zero attached hydrogens (tertiary/aromatic N) is 4. The Bertz CT molecular complexity index is 1070. The molecule has 30 heavy (non-hydrogen) atoms. The molecule has 1 N–H and O–H groups in total. The summed E-state index contributed by atoms with van der Waals surface area (Å²) in [6.07, 6.45) is 8.30. The molecule has 4 rings (SSSR count). The Hall–Kier alpha value is -2.71. The van der Waals surface area contributed by atoms with Crippen LogP contribution in [0.2, 0.25) is 5.02 Å². The van der Waals surface area contributed by atoms with Gasteiger partial charge in [-0.05, 0) is 37.3 Å². The standard InChI is InChI=1S/C21H23ClFN5O2/c1-3-14-17(23)15(22)10-13(19(14)29-2)7-8-24-20-18-21(26-11-25-20)28(12-27-18)16-6-4-5-9-30-16/h3,10-12,16H,1,4-9H2,2H3,(H,24,25,26). The van der Waals surface area contributed by atoms with E-state index in [1.807, 2.05) is 4.57 Å². The summed E-state index contributed by atoms with van der Waals surface area (Å²) in [5.41, 5.74) is 2.45. The normalized spacial score (nSPS) is 16.6. The van der Waals surface area contributed by atoms with E-state index in [9.17, 15) is 4.39 Å². The van der Waals surface area contributed by atoms with E-state index in [4.69, 9.17) is 21.1 Å². The molecule has 3 heterocycles. The molecule has 1 fully saturated rings. The summed E-state index contributed by atoms with van der Waals surface area (Å²) < 4.78 is 27.4. The number of ether oxygens (including phenoxy) is 2. The van der Waals surface area contributed by atoms with Crippen LogP contribution >= 0.6 is 11.6 Å². The quantitative estimate of drug-likeness (QED) is 0.588. The number of aromatic nitrogens is 4. The molecule has 1 aliphatic heterocycles. The van der Waals surface area contributed by atoms with Gasteiger partial charge in [-0.15, -0.1) is 0 Å². The molecular formula is C21H23ClFN5O2. The van der Waals surface area contributed by atoms with Crippen LogP contribution in [-0.2, 0) is 11.2 Å². The van der Waals surface area contributed by atoms with E-state index in [0.717, 1.165) is 37.1 Å². The van der Waals surface area contributed by atoms with Crippen molar-refractivity contribution < 1.29 is 13.9 Å². The van der Waals surface area contributed by atoms with Gasteiger partial charge in [-0.2, -0.15) is 0 Å². The van der Waals surface area contributed by atoms with Gasteiger partial charge >= 0.3 is 0 Å². The number of hydrogen-bond acceptors (Lipinski definition) is 6. The average Bonchev–Trinajstić information content (AvgIpc) is 3.21. The van der Waals surface area contributed by atoms with E-state index in [1.165, 1.54) is 19.5 Å². The highest BCUT2D eigenvalue weighted by Crippen LogP contribution is 2.33. The van der Waals surface area contributed by atoms with Crippen LogP contribution in [-0.4, -0.2) is 39.8 Å². The number of anilines is 1. The predicted octanol–water partition coefficient (Wildman–Crippen LogP) is 4.62. The molecule has 1 aliphatic rings. The van der Waals surface area contributed by atoms with Gasteiger partial charge in [0, 0.05) is 13.2 Å². The number of nitrogens with one attached hydrogen (secondary N) is 1. The van der Waals surface area contributed by atoms with Crippen molar-refractivity contribution in [3.8, 4) is 5.75 Å². The second-order valence-corrected chi connectivity index (χ2v) is 7.43. The Labute approximate surface area is 178 Å². The third-order valence-corrected chi connectivity index (χ3v) is 5.48. The number of hydrogen-bond donors (Lipinski definition) is 1. The van der Waals surface area contributed by atoms with Crippen LogP contribution in [0, 0.1) is 5.82 Å². The number of halogens is 2. The monoisotopic (exact) mass is 431 g/mol. The predicted molar refractivity (Wildman–Crippen MR) is 114 cm³/mol. The topological polar surface area (TPSA) is 74.1 Å². The molecule has 2 aromatic heterocycles. The maximum absolute atomic E-state index is 14.2. The molecule has 158 valence electrons. The second-order valence-electron chi connectivity index (χ2n) is 7.03. The Balaban J connectivity index is 1.53. The lowest BCUT2D eigenvalue weighted by atomic mass is 10.0. The first-order valence-electron chi connectivity index (χ1n) is 9.84. The number of benzene rings is 1. The van der Waals surface area contributed by atoms with Crippen LogP contribution in [0.3, 0.4) is 0 Å². The van der Waals surface area contributed by atoms with Crippen LogP contribution in [0.15, 0.2) is 25.3 Å². The van der Waals surface area contributed by atoms with Gasteiger partial charge in [0.25, 0.3) is 0 Å². The van der Waals surface area contributed by atoms with Crippen LogP contribution in [0.25, 0.3) is 17.2 Å². The summed E-state index contributed by atoms with van der Waals surface area (Å²) in [5, 5.41) is 3.33. The van der Waals surface area contributed by atoms with Crippen molar-refractivity contribution in [3.63, 3.8) is 0 Å².